The van der Waals surface area contributed by atoms with E-state index in [1.807, 2.05) is 6.07 Å². The van der Waals surface area contributed by atoms with E-state index in [0.717, 1.165) is 36.2 Å². The first kappa shape index (κ1) is 12.5. The molecule has 0 aromatic carbocycles. The molecular weight excluding hydrogens is 232 g/mol. The molecule has 1 aromatic rings. The highest BCUT2D eigenvalue weighted by Crippen LogP contribution is 2.23. The summed E-state index contributed by atoms with van der Waals surface area (Å²) in [4.78, 5) is 20.9. The zero-order valence-corrected chi connectivity index (χ0v) is 10.8. The Morgan fingerprint density at radius 3 is 2.83 bits per heavy atom. The summed E-state index contributed by atoms with van der Waals surface area (Å²) in [7, 11) is 2.90. The Bertz CT molecular complexity index is 509. The van der Waals surface area contributed by atoms with Crippen molar-refractivity contribution in [2.45, 2.75) is 26.2 Å². The normalized spacial score (nSPS) is 16.3. The minimum Gasteiger partial charge on any atom is -0.465 e. The number of oxime groups is 1. The number of aryl methyl sites for hydroxylation is 2. The molecule has 0 radical (unpaired) electrons. The summed E-state index contributed by atoms with van der Waals surface area (Å²) in [6.45, 7) is 1.80. The van der Waals surface area contributed by atoms with E-state index in [9.17, 15) is 4.79 Å². The standard InChI is InChI=1S/C13H16N2O3/c1-8-10(13(16)17-2)7-9-5-4-6-11(15-18-3)12(9)14-8/h7H,4-6H2,1-3H3. The van der Waals surface area contributed by atoms with Gasteiger partial charge < -0.3 is 9.57 Å². The highest BCUT2D eigenvalue weighted by atomic mass is 16.6. The molecule has 0 spiro atoms. The monoisotopic (exact) mass is 248 g/mol. The third-order valence-corrected chi connectivity index (χ3v) is 3.03. The molecule has 0 unspecified atom stereocenters. The smallest absolute Gasteiger partial charge is 0.339 e. The molecule has 0 aliphatic heterocycles. The molecule has 0 fully saturated rings. The van der Waals surface area contributed by atoms with Crippen LogP contribution in [0.3, 0.4) is 0 Å². The van der Waals surface area contributed by atoms with Crippen LogP contribution < -0.4 is 0 Å². The van der Waals surface area contributed by atoms with Crippen molar-refractivity contribution in [3.05, 3.63) is 28.6 Å². The number of rotatable bonds is 2. The van der Waals surface area contributed by atoms with Gasteiger partial charge in [-0.05, 0) is 37.8 Å². The van der Waals surface area contributed by atoms with Gasteiger partial charge in [0, 0.05) is 0 Å². The Labute approximate surface area is 106 Å². The van der Waals surface area contributed by atoms with Gasteiger partial charge in [-0.25, -0.2) is 4.79 Å². The van der Waals surface area contributed by atoms with Gasteiger partial charge in [-0.1, -0.05) is 5.16 Å². The van der Waals surface area contributed by atoms with Gasteiger partial charge in [0.25, 0.3) is 0 Å². The lowest BCUT2D eigenvalue weighted by atomic mass is 9.92. The van der Waals surface area contributed by atoms with E-state index in [4.69, 9.17) is 9.57 Å². The van der Waals surface area contributed by atoms with Crippen molar-refractivity contribution < 1.29 is 14.4 Å². The van der Waals surface area contributed by atoms with E-state index < -0.39 is 0 Å². The molecule has 1 aliphatic carbocycles. The summed E-state index contributed by atoms with van der Waals surface area (Å²) < 4.78 is 4.75. The zero-order valence-electron chi connectivity index (χ0n) is 10.8. The summed E-state index contributed by atoms with van der Waals surface area (Å²) in [5, 5.41) is 4.00. The van der Waals surface area contributed by atoms with Crippen molar-refractivity contribution in [3.8, 4) is 0 Å². The molecule has 0 saturated carbocycles. The van der Waals surface area contributed by atoms with Crippen LogP contribution in [0, 0.1) is 6.92 Å². The van der Waals surface area contributed by atoms with E-state index in [2.05, 4.69) is 10.1 Å². The van der Waals surface area contributed by atoms with Gasteiger partial charge in [0.15, 0.2) is 0 Å². The van der Waals surface area contributed by atoms with Crippen LogP contribution >= 0.6 is 0 Å². The Balaban J connectivity index is 2.50. The van der Waals surface area contributed by atoms with E-state index in [1.54, 1.807) is 6.92 Å². The third kappa shape index (κ3) is 2.20. The number of fused-ring (bicyclic) bond motifs is 1. The summed E-state index contributed by atoms with van der Waals surface area (Å²) in [6, 6.07) is 1.86. The second kappa shape index (κ2) is 5.16. The number of pyridine rings is 1. The van der Waals surface area contributed by atoms with E-state index in [0.29, 0.717) is 11.3 Å². The quantitative estimate of drug-likeness (QED) is 0.592. The summed E-state index contributed by atoms with van der Waals surface area (Å²) in [6.07, 6.45) is 2.74. The Morgan fingerprint density at radius 2 is 2.17 bits per heavy atom. The number of hydrogen-bond donors (Lipinski definition) is 0. The number of esters is 1. The highest BCUT2D eigenvalue weighted by molar-refractivity contribution is 6.01. The van der Waals surface area contributed by atoms with E-state index >= 15 is 0 Å². The number of aromatic nitrogens is 1. The average molecular weight is 248 g/mol. The van der Waals surface area contributed by atoms with Crippen LogP contribution in [0.1, 0.15) is 40.2 Å². The van der Waals surface area contributed by atoms with E-state index in [1.165, 1.54) is 14.2 Å². The largest absolute Gasteiger partial charge is 0.465 e. The molecule has 0 atom stereocenters. The van der Waals surface area contributed by atoms with Crippen LogP contribution in [0.4, 0.5) is 0 Å². The number of ether oxygens (including phenoxy) is 1. The van der Waals surface area contributed by atoms with Crippen molar-refractivity contribution in [2.75, 3.05) is 14.2 Å². The first-order chi connectivity index (χ1) is 8.67. The molecule has 0 N–H and O–H groups in total. The Hall–Kier alpha value is -1.91. The lowest BCUT2D eigenvalue weighted by Crippen LogP contribution is -2.18. The molecule has 96 valence electrons. The van der Waals surface area contributed by atoms with Crippen LogP contribution in [-0.4, -0.2) is 30.9 Å². The second-order valence-electron chi connectivity index (χ2n) is 4.19. The van der Waals surface area contributed by atoms with Gasteiger partial charge in [-0.15, -0.1) is 0 Å². The predicted molar refractivity (Wildman–Crippen MR) is 66.8 cm³/mol. The minimum atomic E-state index is -0.349. The van der Waals surface area contributed by atoms with Crippen LogP contribution in [0.15, 0.2) is 11.2 Å². The molecule has 0 bridgehead atoms. The molecule has 0 amide bonds. The highest BCUT2D eigenvalue weighted by Gasteiger charge is 2.21. The maximum atomic E-state index is 11.6. The molecule has 1 aromatic heterocycles. The summed E-state index contributed by atoms with van der Waals surface area (Å²) in [5.74, 6) is -0.349. The number of hydrogen-bond acceptors (Lipinski definition) is 5. The fraction of sp³-hybridized carbons (Fsp3) is 0.462. The van der Waals surface area contributed by atoms with Crippen molar-refractivity contribution in [3.63, 3.8) is 0 Å². The van der Waals surface area contributed by atoms with Crippen LogP contribution in [-0.2, 0) is 16.0 Å². The van der Waals surface area contributed by atoms with Gasteiger partial charge in [0.2, 0.25) is 0 Å². The molecule has 0 saturated heterocycles. The van der Waals surface area contributed by atoms with Crippen LogP contribution in [0.25, 0.3) is 0 Å². The Kier molecular flexibility index (Phi) is 3.60. The van der Waals surface area contributed by atoms with Gasteiger partial charge in [0.1, 0.15) is 12.8 Å². The minimum absolute atomic E-state index is 0.349. The van der Waals surface area contributed by atoms with Crippen molar-refractivity contribution in [1.29, 1.82) is 0 Å². The molecule has 18 heavy (non-hydrogen) atoms. The van der Waals surface area contributed by atoms with Crippen molar-refractivity contribution in [2.24, 2.45) is 5.16 Å². The van der Waals surface area contributed by atoms with Gasteiger partial charge in [0.05, 0.1) is 24.1 Å². The van der Waals surface area contributed by atoms with Gasteiger partial charge in [-0.3, -0.25) is 4.98 Å². The lowest BCUT2D eigenvalue weighted by Gasteiger charge is -2.18. The van der Waals surface area contributed by atoms with Crippen LogP contribution in [0.5, 0.6) is 0 Å². The lowest BCUT2D eigenvalue weighted by molar-refractivity contribution is 0.0599. The molecule has 1 aliphatic rings. The maximum Gasteiger partial charge on any atom is 0.339 e. The van der Waals surface area contributed by atoms with Gasteiger partial charge >= 0.3 is 5.97 Å². The van der Waals surface area contributed by atoms with Crippen LogP contribution in [0.2, 0.25) is 0 Å². The first-order valence-corrected chi connectivity index (χ1v) is 5.86. The summed E-state index contributed by atoms with van der Waals surface area (Å²) in [5.41, 5.74) is 3.90. The molecular formula is C13H16N2O3. The molecule has 2 rings (SSSR count). The summed E-state index contributed by atoms with van der Waals surface area (Å²) >= 11 is 0. The second-order valence-corrected chi connectivity index (χ2v) is 4.19. The predicted octanol–water partition coefficient (Wildman–Crippen LogP) is 1.86. The first-order valence-electron chi connectivity index (χ1n) is 5.86. The molecule has 1 heterocycles. The maximum absolute atomic E-state index is 11.6. The average Bonchev–Trinajstić information content (AvgIpc) is 2.38. The van der Waals surface area contributed by atoms with E-state index in [-0.39, 0.29) is 5.97 Å². The number of carbonyl (C=O) groups is 1. The molecule has 5 nitrogen and oxygen atoms in total. The topological polar surface area (TPSA) is 60.8 Å². The third-order valence-electron chi connectivity index (χ3n) is 3.03. The Morgan fingerprint density at radius 1 is 1.39 bits per heavy atom. The van der Waals surface area contributed by atoms with Crippen molar-refractivity contribution in [1.82, 2.24) is 4.98 Å². The fourth-order valence-electron chi connectivity index (χ4n) is 2.17. The fourth-order valence-corrected chi connectivity index (χ4v) is 2.17. The SMILES string of the molecule is CON=C1CCCc2cc(C(=O)OC)c(C)nc21. The van der Waals surface area contributed by atoms with Crippen molar-refractivity contribution >= 4 is 11.7 Å². The number of carbonyl (C=O) groups excluding carboxylic acids is 1. The number of methoxy groups -OCH3 is 1. The number of nitrogens with zero attached hydrogens (tertiary/aromatic N) is 2. The zero-order chi connectivity index (χ0) is 13.1. The molecule has 5 heteroatoms. The van der Waals surface area contributed by atoms with Gasteiger partial charge in [-0.2, -0.15) is 0 Å².